The number of likely N-dealkylation sites (tertiary alicyclic amines) is 1. The maximum absolute atomic E-state index is 11.9. The molecule has 1 amide bonds. The molecule has 118 valence electrons. The zero-order chi connectivity index (χ0) is 15.2. The molecule has 2 rings (SSSR count). The highest BCUT2D eigenvalue weighted by Crippen LogP contribution is 2.12. The van der Waals surface area contributed by atoms with Gasteiger partial charge in [-0.3, -0.25) is 9.69 Å². The Morgan fingerprint density at radius 2 is 2.38 bits per heavy atom. The summed E-state index contributed by atoms with van der Waals surface area (Å²) in [6, 6.07) is 0.534. The minimum Gasteiger partial charge on any atom is -0.375 e. The van der Waals surface area contributed by atoms with Crippen molar-refractivity contribution >= 4 is 5.91 Å². The van der Waals surface area contributed by atoms with Gasteiger partial charge >= 0.3 is 0 Å². The number of likely N-dealkylation sites (N-methyl/N-ethyl adjacent to an activating group) is 1. The van der Waals surface area contributed by atoms with Crippen molar-refractivity contribution in [1.82, 2.24) is 25.3 Å². The number of aromatic nitrogens is 2. The van der Waals surface area contributed by atoms with Crippen LogP contribution < -0.4 is 5.32 Å². The Kier molecular flexibility index (Phi) is 5.66. The molecule has 21 heavy (non-hydrogen) atoms. The third kappa shape index (κ3) is 4.76. The molecule has 1 aromatic rings. The van der Waals surface area contributed by atoms with E-state index in [2.05, 4.69) is 39.4 Å². The number of ether oxygens (including phenoxy) is 1. The third-order valence-electron chi connectivity index (χ3n) is 3.57. The van der Waals surface area contributed by atoms with Crippen LogP contribution in [-0.4, -0.2) is 72.7 Å². The normalized spacial score (nSPS) is 19.3. The van der Waals surface area contributed by atoms with E-state index < -0.39 is 0 Å². The first-order chi connectivity index (χ1) is 10.1. The summed E-state index contributed by atoms with van der Waals surface area (Å²) >= 11 is 0. The second-order valence-electron chi connectivity index (χ2n) is 5.46. The van der Waals surface area contributed by atoms with E-state index >= 15 is 0 Å². The fourth-order valence-electron chi connectivity index (χ4n) is 2.36. The predicted molar refractivity (Wildman–Crippen MR) is 75.4 cm³/mol. The number of methoxy groups -OCH3 is 1. The zero-order valence-corrected chi connectivity index (χ0v) is 12.8. The number of hydrogen-bond donors (Lipinski definition) is 1. The molecular weight excluding hydrogens is 274 g/mol. The molecule has 2 heterocycles. The summed E-state index contributed by atoms with van der Waals surface area (Å²) in [5.41, 5.74) is 0. The van der Waals surface area contributed by atoms with Crippen LogP contribution in [0.4, 0.5) is 0 Å². The highest BCUT2D eigenvalue weighted by molar-refractivity contribution is 5.77. The van der Waals surface area contributed by atoms with E-state index in [1.165, 1.54) is 0 Å². The van der Waals surface area contributed by atoms with Crippen LogP contribution in [0.2, 0.25) is 0 Å². The Bertz CT molecular complexity index is 462. The summed E-state index contributed by atoms with van der Waals surface area (Å²) in [5, 5.41) is 6.58. The fraction of sp³-hybridized carbons (Fsp3) is 0.769. The second kappa shape index (κ2) is 7.48. The molecule has 0 radical (unpaired) electrons. The molecule has 0 aromatic carbocycles. The highest BCUT2D eigenvalue weighted by atomic mass is 16.5. The van der Waals surface area contributed by atoms with Gasteiger partial charge in [0.1, 0.15) is 6.61 Å². The lowest BCUT2D eigenvalue weighted by Crippen LogP contribution is -2.38. The molecule has 0 bridgehead atoms. The smallest absolute Gasteiger partial charge is 0.252 e. The van der Waals surface area contributed by atoms with Gasteiger partial charge < -0.3 is 19.5 Å². The Morgan fingerprint density at radius 1 is 1.57 bits per heavy atom. The van der Waals surface area contributed by atoms with Crippen molar-refractivity contribution < 1.29 is 14.1 Å². The van der Waals surface area contributed by atoms with Crippen molar-refractivity contribution in [2.75, 3.05) is 40.8 Å². The van der Waals surface area contributed by atoms with Crippen molar-refractivity contribution in [3.05, 3.63) is 11.7 Å². The summed E-state index contributed by atoms with van der Waals surface area (Å²) in [4.78, 5) is 20.4. The van der Waals surface area contributed by atoms with Gasteiger partial charge in [0.2, 0.25) is 5.91 Å². The largest absolute Gasteiger partial charge is 0.375 e. The number of nitrogens with zero attached hydrogens (tertiary/aromatic N) is 4. The summed E-state index contributed by atoms with van der Waals surface area (Å²) in [5.74, 6) is 0.852. The van der Waals surface area contributed by atoms with Crippen LogP contribution in [0.1, 0.15) is 18.1 Å². The average molecular weight is 297 g/mol. The molecule has 1 unspecified atom stereocenters. The van der Waals surface area contributed by atoms with Crippen LogP contribution in [0.5, 0.6) is 0 Å². The van der Waals surface area contributed by atoms with Crippen molar-refractivity contribution in [2.45, 2.75) is 25.6 Å². The average Bonchev–Trinajstić information content (AvgIpc) is 3.06. The summed E-state index contributed by atoms with van der Waals surface area (Å²) < 4.78 is 9.85. The van der Waals surface area contributed by atoms with Crippen LogP contribution in [0, 0.1) is 0 Å². The number of rotatable bonds is 7. The second-order valence-corrected chi connectivity index (χ2v) is 5.46. The number of carbonyl (C=O) groups excluding carboxylic acids is 1. The van der Waals surface area contributed by atoms with E-state index in [0.717, 1.165) is 19.5 Å². The highest BCUT2D eigenvalue weighted by Gasteiger charge is 2.25. The third-order valence-corrected chi connectivity index (χ3v) is 3.57. The molecule has 1 aromatic heterocycles. The lowest BCUT2D eigenvalue weighted by molar-refractivity contribution is -0.122. The molecule has 0 spiro atoms. The molecule has 8 nitrogen and oxygen atoms in total. The Morgan fingerprint density at radius 3 is 3.05 bits per heavy atom. The van der Waals surface area contributed by atoms with Gasteiger partial charge in [0, 0.05) is 26.2 Å². The van der Waals surface area contributed by atoms with E-state index in [1.807, 2.05) is 0 Å². The molecule has 0 saturated carbocycles. The first-order valence-electron chi connectivity index (χ1n) is 7.04. The van der Waals surface area contributed by atoms with Gasteiger partial charge in [0.15, 0.2) is 5.82 Å². The van der Waals surface area contributed by atoms with Crippen molar-refractivity contribution in [3.8, 4) is 0 Å². The lowest BCUT2D eigenvalue weighted by atomic mass is 10.2. The van der Waals surface area contributed by atoms with Crippen LogP contribution >= 0.6 is 0 Å². The van der Waals surface area contributed by atoms with Gasteiger partial charge in [-0.05, 0) is 20.5 Å². The number of amides is 1. The molecule has 1 N–H and O–H groups in total. The van der Waals surface area contributed by atoms with E-state index in [0.29, 0.717) is 24.3 Å². The van der Waals surface area contributed by atoms with Crippen LogP contribution in [0.3, 0.4) is 0 Å². The van der Waals surface area contributed by atoms with Crippen LogP contribution in [-0.2, 0) is 22.7 Å². The summed E-state index contributed by atoms with van der Waals surface area (Å²) in [7, 11) is 5.70. The monoisotopic (exact) mass is 297 g/mol. The standard InChI is InChI=1S/C13H23N5O3/c1-17(2)10-4-5-18(7-10)8-12(19)14-6-11-15-13(9-20-3)21-16-11/h10H,4-9H2,1-3H3,(H,14,19). The van der Waals surface area contributed by atoms with Gasteiger partial charge in [-0.1, -0.05) is 5.16 Å². The maximum atomic E-state index is 11.9. The number of nitrogens with one attached hydrogen (secondary N) is 1. The van der Waals surface area contributed by atoms with Crippen molar-refractivity contribution in [1.29, 1.82) is 0 Å². The number of carbonyl (C=O) groups is 1. The Hall–Kier alpha value is -1.51. The first-order valence-corrected chi connectivity index (χ1v) is 7.04. The van der Waals surface area contributed by atoms with E-state index in [1.54, 1.807) is 7.11 Å². The molecule has 1 atom stereocenters. The molecular formula is C13H23N5O3. The summed E-state index contributed by atoms with van der Waals surface area (Å²) in [6.45, 7) is 2.85. The van der Waals surface area contributed by atoms with Gasteiger partial charge in [-0.2, -0.15) is 4.98 Å². The van der Waals surface area contributed by atoms with E-state index in [4.69, 9.17) is 9.26 Å². The fourth-order valence-corrected chi connectivity index (χ4v) is 2.36. The predicted octanol–water partition coefficient (Wildman–Crippen LogP) is -0.532. The Balaban J connectivity index is 1.70. The quantitative estimate of drug-likeness (QED) is 0.724. The molecule has 0 aliphatic carbocycles. The SMILES string of the molecule is COCc1nc(CNC(=O)CN2CCC(N(C)C)C2)no1. The van der Waals surface area contributed by atoms with E-state index in [9.17, 15) is 4.79 Å². The molecule has 1 aliphatic rings. The van der Waals surface area contributed by atoms with Gasteiger partial charge in [-0.25, -0.2) is 0 Å². The minimum atomic E-state index is -0.0208. The van der Waals surface area contributed by atoms with Crippen LogP contribution in [0.15, 0.2) is 4.52 Å². The van der Waals surface area contributed by atoms with Gasteiger partial charge in [-0.15, -0.1) is 0 Å². The molecule has 8 heteroatoms. The van der Waals surface area contributed by atoms with E-state index in [-0.39, 0.29) is 19.1 Å². The topological polar surface area (TPSA) is 83.7 Å². The van der Waals surface area contributed by atoms with Gasteiger partial charge in [0.05, 0.1) is 13.1 Å². The molecule has 1 aliphatic heterocycles. The van der Waals surface area contributed by atoms with Crippen molar-refractivity contribution in [3.63, 3.8) is 0 Å². The van der Waals surface area contributed by atoms with Crippen molar-refractivity contribution in [2.24, 2.45) is 0 Å². The zero-order valence-electron chi connectivity index (χ0n) is 12.8. The maximum Gasteiger partial charge on any atom is 0.252 e. The first kappa shape index (κ1) is 15.9. The molecule has 1 fully saturated rings. The minimum absolute atomic E-state index is 0.0208. The van der Waals surface area contributed by atoms with Gasteiger partial charge in [0.25, 0.3) is 5.89 Å². The molecule has 1 saturated heterocycles. The summed E-state index contributed by atoms with van der Waals surface area (Å²) in [6.07, 6.45) is 1.10. The lowest BCUT2D eigenvalue weighted by Gasteiger charge is -2.19. The Labute approximate surface area is 124 Å². The van der Waals surface area contributed by atoms with Crippen LogP contribution in [0.25, 0.3) is 0 Å². The number of hydrogen-bond acceptors (Lipinski definition) is 7.